The Morgan fingerprint density at radius 1 is 0.696 bits per heavy atom. The SMILES string of the molecule is Cc1cc(C)c(C(c2c(C)cc(C)cc2C)P(=O)(Cl)Cl)c(C)c1. The zero-order chi connectivity index (χ0) is 17.5. The van der Waals surface area contributed by atoms with Gasteiger partial charge >= 0.3 is 0 Å². The Hall–Kier alpha value is -0.750. The topological polar surface area (TPSA) is 17.1 Å². The Morgan fingerprint density at radius 2 is 0.957 bits per heavy atom. The van der Waals surface area contributed by atoms with Crippen LogP contribution in [0.4, 0.5) is 0 Å². The van der Waals surface area contributed by atoms with E-state index in [-0.39, 0.29) is 0 Å². The van der Waals surface area contributed by atoms with Gasteiger partial charge in [0, 0.05) is 0 Å². The molecule has 0 aliphatic heterocycles. The minimum Gasteiger partial charge on any atom is -0.288 e. The summed E-state index contributed by atoms with van der Waals surface area (Å²) >= 11 is 12.5. The van der Waals surface area contributed by atoms with Crippen molar-refractivity contribution in [2.75, 3.05) is 0 Å². The van der Waals surface area contributed by atoms with Gasteiger partial charge in [0.15, 0.2) is 0 Å². The van der Waals surface area contributed by atoms with Crippen LogP contribution < -0.4 is 0 Å². The van der Waals surface area contributed by atoms with Crippen LogP contribution in [-0.4, -0.2) is 0 Å². The zero-order valence-corrected chi connectivity index (χ0v) is 16.9. The first-order valence-corrected chi connectivity index (χ1v) is 11.3. The molecule has 0 saturated heterocycles. The van der Waals surface area contributed by atoms with Crippen molar-refractivity contribution in [1.82, 2.24) is 0 Å². The molecule has 0 aliphatic rings. The Bertz CT molecular complexity index is 702. The molecule has 0 unspecified atom stereocenters. The minimum atomic E-state index is -3.41. The molecule has 0 aromatic heterocycles. The van der Waals surface area contributed by atoms with Gasteiger partial charge < -0.3 is 0 Å². The molecular weight excluding hydrogens is 346 g/mol. The first kappa shape index (κ1) is 18.6. The highest BCUT2D eigenvalue weighted by Gasteiger charge is 2.36. The van der Waals surface area contributed by atoms with Crippen LogP contribution in [0.3, 0.4) is 0 Å². The number of aryl methyl sites for hydroxylation is 6. The second-order valence-electron chi connectivity index (χ2n) is 6.53. The Morgan fingerprint density at radius 3 is 1.17 bits per heavy atom. The predicted molar refractivity (Wildman–Crippen MR) is 102 cm³/mol. The fourth-order valence-electron chi connectivity index (χ4n) is 3.69. The number of hydrogen-bond donors (Lipinski definition) is 0. The highest BCUT2D eigenvalue weighted by molar-refractivity contribution is 8.08. The second kappa shape index (κ2) is 6.63. The maximum absolute atomic E-state index is 12.8. The number of benzene rings is 2. The molecule has 124 valence electrons. The van der Waals surface area contributed by atoms with Crippen molar-refractivity contribution < 1.29 is 4.57 Å². The summed E-state index contributed by atoms with van der Waals surface area (Å²) in [5.74, 6) is -3.41. The molecule has 0 bridgehead atoms. The Balaban J connectivity index is 2.84. The fourth-order valence-corrected chi connectivity index (χ4v) is 6.28. The molecule has 0 radical (unpaired) electrons. The van der Waals surface area contributed by atoms with E-state index in [1.54, 1.807) is 0 Å². The maximum atomic E-state index is 12.8. The van der Waals surface area contributed by atoms with E-state index < -0.39 is 11.5 Å². The van der Waals surface area contributed by atoms with Crippen LogP contribution in [-0.2, 0) is 4.57 Å². The summed E-state index contributed by atoms with van der Waals surface area (Å²) in [5, 5.41) is 0. The number of hydrogen-bond acceptors (Lipinski definition) is 1. The van der Waals surface area contributed by atoms with E-state index in [1.807, 2.05) is 27.7 Å². The monoisotopic (exact) mass is 368 g/mol. The van der Waals surface area contributed by atoms with Crippen molar-refractivity contribution in [1.29, 1.82) is 0 Å². The lowest BCUT2D eigenvalue weighted by Crippen LogP contribution is -2.08. The lowest BCUT2D eigenvalue weighted by atomic mass is 9.89. The molecule has 0 saturated carbocycles. The summed E-state index contributed by atoms with van der Waals surface area (Å²) in [6.07, 6.45) is 0. The second-order valence-corrected chi connectivity index (χ2v) is 11.6. The average molecular weight is 369 g/mol. The average Bonchev–Trinajstić information content (AvgIpc) is 2.33. The minimum absolute atomic E-state index is 0.493. The van der Waals surface area contributed by atoms with Gasteiger partial charge in [-0.25, -0.2) is 0 Å². The molecule has 0 spiro atoms. The molecule has 0 aliphatic carbocycles. The number of rotatable bonds is 3. The van der Waals surface area contributed by atoms with Crippen LogP contribution in [0.15, 0.2) is 24.3 Å². The molecule has 23 heavy (non-hydrogen) atoms. The van der Waals surface area contributed by atoms with Crippen molar-refractivity contribution in [3.05, 3.63) is 68.8 Å². The molecule has 4 heteroatoms. The molecular formula is C19H23Cl2OP. The van der Waals surface area contributed by atoms with Crippen LogP contribution in [0.1, 0.15) is 50.2 Å². The molecule has 2 rings (SSSR count). The van der Waals surface area contributed by atoms with Crippen LogP contribution in [0.25, 0.3) is 0 Å². The summed E-state index contributed by atoms with van der Waals surface area (Å²) in [6.45, 7) is 12.2. The Labute approximate surface area is 149 Å². The maximum Gasteiger partial charge on any atom is 0.264 e. The molecule has 0 amide bonds. The van der Waals surface area contributed by atoms with Crippen molar-refractivity contribution in [2.45, 2.75) is 47.2 Å². The molecule has 0 N–H and O–H groups in total. The van der Waals surface area contributed by atoms with E-state index in [2.05, 4.69) is 38.1 Å². The van der Waals surface area contributed by atoms with Gasteiger partial charge in [0.05, 0.1) is 5.66 Å². The van der Waals surface area contributed by atoms with E-state index in [1.165, 1.54) is 11.1 Å². The lowest BCUT2D eigenvalue weighted by molar-refractivity contribution is 0.588. The van der Waals surface area contributed by atoms with E-state index in [9.17, 15) is 4.57 Å². The van der Waals surface area contributed by atoms with Crippen LogP contribution >= 0.6 is 28.3 Å². The molecule has 1 nitrogen and oxygen atoms in total. The van der Waals surface area contributed by atoms with E-state index in [4.69, 9.17) is 22.5 Å². The van der Waals surface area contributed by atoms with Gasteiger partial charge in [-0.3, -0.25) is 4.57 Å². The summed E-state index contributed by atoms with van der Waals surface area (Å²) < 4.78 is 12.8. The lowest BCUT2D eigenvalue weighted by Gasteiger charge is -2.26. The van der Waals surface area contributed by atoms with Crippen LogP contribution in [0.5, 0.6) is 0 Å². The van der Waals surface area contributed by atoms with Crippen molar-refractivity contribution in [2.24, 2.45) is 0 Å². The van der Waals surface area contributed by atoms with Crippen molar-refractivity contribution in [3.8, 4) is 0 Å². The first-order chi connectivity index (χ1) is 10.5. The molecule has 0 fully saturated rings. The standard InChI is InChI=1S/C19H23Cl2OP/c1-11-7-13(3)17(14(4)8-11)19(23(20,21)22)18-15(5)9-12(2)10-16(18)6/h7-10,19H,1-6H3. The van der Waals surface area contributed by atoms with Gasteiger partial charge in [-0.2, -0.15) is 0 Å². The predicted octanol–water partition coefficient (Wildman–Crippen LogP) is 7.30. The van der Waals surface area contributed by atoms with Crippen LogP contribution in [0, 0.1) is 41.5 Å². The van der Waals surface area contributed by atoms with Gasteiger partial charge in [-0.05, 0) is 97.4 Å². The third kappa shape index (κ3) is 3.85. The normalized spacial score (nSPS) is 12.0. The van der Waals surface area contributed by atoms with E-state index in [0.717, 1.165) is 33.4 Å². The fraction of sp³-hybridized carbons (Fsp3) is 0.368. The highest BCUT2D eigenvalue weighted by atomic mass is 35.9. The summed E-state index contributed by atoms with van der Waals surface area (Å²) in [6, 6.07) is 8.38. The molecule has 2 aromatic rings. The summed E-state index contributed by atoms with van der Waals surface area (Å²) in [5.41, 5.74) is 8.14. The Kier molecular flexibility index (Phi) is 5.36. The molecule has 0 atom stereocenters. The van der Waals surface area contributed by atoms with Gasteiger partial charge in [0.2, 0.25) is 0 Å². The largest absolute Gasteiger partial charge is 0.288 e. The smallest absolute Gasteiger partial charge is 0.264 e. The van der Waals surface area contributed by atoms with Crippen LogP contribution in [0.2, 0.25) is 0 Å². The first-order valence-electron chi connectivity index (χ1n) is 7.67. The van der Waals surface area contributed by atoms with E-state index in [0.29, 0.717) is 0 Å². The highest BCUT2D eigenvalue weighted by Crippen LogP contribution is 2.71. The third-order valence-corrected chi connectivity index (χ3v) is 6.61. The quantitative estimate of drug-likeness (QED) is 0.519. The zero-order valence-electron chi connectivity index (χ0n) is 14.5. The summed E-state index contributed by atoms with van der Waals surface area (Å²) in [4.78, 5) is 0. The van der Waals surface area contributed by atoms with Gasteiger partial charge in [0.1, 0.15) is 0 Å². The van der Waals surface area contributed by atoms with Gasteiger partial charge in [-0.1, -0.05) is 35.4 Å². The van der Waals surface area contributed by atoms with Crippen molar-refractivity contribution in [3.63, 3.8) is 0 Å². The van der Waals surface area contributed by atoms with Gasteiger partial charge in [0.25, 0.3) is 5.85 Å². The third-order valence-electron chi connectivity index (χ3n) is 4.32. The summed E-state index contributed by atoms with van der Waals surface area (Å²) in [7, 11) is 0. The van der Waals surface area contributed by atoms with E-state index >= 15 is 0 Å². The van der Waals surface area contributed by atoms with Crippen molar-refractivity contribution >= 4 is 28.3 Å². The molecule has 2 aromatic carbocycles. The number of halogens is 2. The molecule has 0 heterocycles. The van der Waals surface area contributed by atoms with Gasteiger partial charge in [-0.15, -0.1) is 0 Å².